The average molecular weight is 685 g/mol. The van der Waals surface area contributed by atoms with Crippen LogP contribution in [0.2, 0.25) is 5.02 Å². The Bertz CT molecular complexity index is 1350. The maximum Gasteiger partial charge on any atom is 0.257 e. The van der Waals surface area contributed by atoms with Crippen molar-refractivity contribution in [1.82, 2.24) is 30.0 Å². The van der Waals surface area contributed by atoms with E-state index in [1.165, 1.54) is 31.2 Å². The molecule has 0 bridgehead atoms. The van der Waals surface area contributed by atoms with Crippen LogP contribution in [0, 0.1) is 13.8 Å². The fourth-order valence-electron chi connectivity index (χ4n) is 7.25. The first kappa shape index (κ1) is 38.9. The van der Waals surface area contributed by atoms with Gasteiger partial charge in [0.05, 0.1) is 22.0 Å². The predicted molar refractivity (Wildman–Crippen MR) is 193 cm³/mol. The minimum absolute atomic E-state index is 0. The number of nitrogens with one attached hydrogen (secondary N) is 1. The van der Waals surface area contributed by atoms with Crippen LogP contribution in [0.3, 0.4) is 0 Å². The Kier molecular flexibility index (Phi) is 15.1. The first-order valence-corrected chi connectivity index (χ1v) is 17.3. The molecule has 5 N–H and O–H groups in total. The Morgan fingerprint density at radius 2 is 1.45 bits per heavy atom. The largest absolute Gasteiger partial charge is 0.412 e. The average Bonchev–Trinajstić information content (AvgIpc) is 3.06. The maximum atomic E-state index is 13.3. The lowest BCUT2D eigenvalue weighted by Gasteiger charge is -2.51. The molecule has 0 unspecified atom stereocenters. The summed E-state index contributed by atoms with van der Waals surface area (Å²) in [4.78, 5) is 30.2. The van der Waals surface area contributed by atoms with Gasteiger partial charge in [-0.2, -0.15) is 0 Å². The van der Waals surface area contributed by atoms with E-state index in [1.54, 1.807) is 6.33 Å². The van der Waals surface area contributed by atoms with Crippen LogP contribution in [-0.4, -0.2) is 98.4 Å². The van der Waals surface area contributed by atoms with Crippen molar-refractivity contribution in [2.24, 2.45) is 0 Å². The number of rotatable bonds is 6. The van der Waals surface area contributed by atoms with E-state index >= 15 is 0 Å². The van der Waals surface area contributed by atoms with Crippen LogP contribution in [0.15, 0.2) is 65.8 Å². The number of hydrogen-bond acceptors (Lipinski definition) is 7. The molecule has 3 aliphatic rings. The van der Waals surface area contributed by atoms with E-state index in [-0.39, 0.29) is 22.4 Å². The monoisotopic (exact) mass is 684 g/mol. The Morgan fingerprint density at radius 3 is 2.00 bits per heavy atom. The molecule has 47 heavy (non-hydrogen) atoms. The molecule has 9 nitrogen and oxygen atoms in total. The van der Waals surface area contributed by atoms with E-state index in [9.17, 15) is 4.79 Å². The second kappa shape index (κ2) is 18.3. The lowest BCUT2D eigenvalue weighted by atomic mass is 9.84. The van der Waals surface area contributed by atoms with Crippen molar-refractivity contribution in [3.05, 3.63) is 88.5 Å². The van der Waals surface area contributed by atoms with Gasteiger partial charge in [0.15, 0.2) is 0 Å². The number of halogens is 1. The second-order valence-corrected chi connectivity index (χ2v) is 13.9. The van der Waals surface area contributed by atoms with Gasteiger partial charge >= 0.3 is 0 Å². The summed E-state index contributed by atoms with van der Waals surface area (Å²) in [5.41, 5.74) is 3.84. The van der Waals surface area contributed by atoms with E-state index in [2.05, 4.69) is 75.0 Å². The molecule has 11 heteroatoms. The highest BCUT2D eigenvalue weighted by molar-refractivity contribution is 7.80. The molecule has 3 aliphatic heterocycles. The lowest BCUT2D eigenvalue weighted by Crippen LogP contribution is -2.59. The van der Waals surface area contributed by atoms with Crippen LogP contribution < -0.4 is 5.32 Å². The minimum atomic E-state index is 0. The molecule has 0 atom stereocenters. The number of thiol groups is 1. The van der Waals surface area contributed by atoms with Gasteiger partial charge in [-0.1, -0.05) is 54.1 Å². The van der Waals surface area contributed by atoms with Crippen LogP contribution in [0.25, 0.3) is 0 Å². The maximum absolute atomic E-state index is 13.3. The summed E-state index contributed by atoms with van der Waals surface area (Å²) >= 11 is 9.70. The molecule has 0 saturated carbocycles. The van der Waals surface area contributed by atoms with Gasteiger partial charge in [-0.15, -0.1) is 12.6 Å². The topological polar surface area (TPSA) is 128 Å². The predicted octanol–water partition coefficient (Wildman–Crippen LogP) is 4.79. The van der Waals surface area contributed by atoms with E-state index < -0.39 is 0 Å². The zero-order valence-electron chi connectivity index (χ0n) is 28.1. The van der Waals surface area contributed by atoms with Gasteiger partial charge in [0.2, 0.25) is 0 Å². The third-order valence-electron chi connectivity index (χ3n) is 10.1. The second-order valence-electron chi connectivity index (χ2n) is 13.0. The van der Waals surface area contributed by atoms with Gasteiger partial charge < -0.3 is 21.2 Å². The van der Waals surface area contributed by atoms with Gasteiger partial charge in [-0.3, -0.25) is 14.6 Å². The molecule has 0 radical (unpaired) electrons. The molecule has 2 aromatic carbocycles. The summed E-state index contributed by atoms with van der Waals surface area (Å²) in [5, 5.41) is 4.25. The number of carbonyl (C=O) groups is 1. The standard InChI is InChI=1S/C30H44N6O.C6H5ClS.2H2O/c1-23-28(24(2)33-22-32-23)29(37)34-19-13-30(3,14-20-34)35-17-11-27(12-18-35)36(26-9-15-31-16-10-26)21-25-7-5-4-6-8-25;7-5-3-1-2-4-6(5)8;;/h4-8,22,26-27,31H,9-21H2,1-3H3;1-4,8H;2*1H2. The van der Waals surface area contributed by atoms with Crippen molar-refractivity contribution in [3.63, 3.8) is 0 Å². The minimum Gasteiger partial charge on any atom is -0.412 e. The van der Waals surface area contributed by atoms with Crippen molar-refractivity contribution in [3.8, 4) is 0 Å². The molecule has 1 aromatic heterocycles. The highest BCUT2D eigenvalue weighted by Gasteiger charge is 2.40. The number of amides is 1. The lowest BCUT2D eigenvalue weighted by molar-refractivity contribution is -0.0100. The van der Waals surface area contributed by atoms with Gasteiger partial charge in [-0.05, 0) is 90.1 Å². The molecule has 3 saturated heterocycles. The Labute approximate surface area is 291 Å². The number of aryl methyl sites for hydroxylation is 2. The Balaban J connectivity index is 0.000000527. The van der Waals surface area contributed by atoms with Crippen LogP contribution >= 0.6 is 24.2 Å². The van der Waals surface area contributed by atoms with Crippen LogP contribution in [0.5, 0.6) is 0 Å². The summed E-state index contributed by atoms with van der Waals surface area (Å²) in [6, 6.07) is 19.8. The summed E-state index contributed by atoms with van der Waals surface area (Å²) in [5.74, 6) is 0.0925. The zero-order valence-corrected chi connectivity index (χ0v) is 29.7. The molecular weight excluding hydrogens is 632 g/mol. The van der Waals surface area contributed by atoms with Crippen molar-refractivity contribution in [2.45, 2.75) is 88.4 Å². The van der Waals surface area contributed by atoms with Gasteiger partial charge in [0, 0.05) is 55.2 Å². The molecular formula is C36H53ClN6O3S. The molecule has 3 aromatic rings. The van der Waals surface area contributed by atoms with Gasteiger partial charge in [-0.25, -0.2) is 9.97 Å². The fraction of sp³-hybridized carbons (Fsp3) is 0.528. The molecule has 1 amide bonds. The fourth-order valence-corrected chi connectivity index (χ4v) is 7.54. The number of carbonyl (C=O) groups excluding carboxylic acids is 1. The Hall–Kier alpha value is -2.57. The third kappa shape index (κ3) is 9.98. The van der Waals surface area contributed by atoms with Gasteiger partial charge in [0.1, 0.15) is 6.33 Å². The number of hydrogen-bond donors (Lipinski definition) is 2. The first-order valence-electron chi connectivity index (χ1n) is 16.5. The molecule has 0 aliphatic carbocycles. The Morgan fingerprint density at radius 1 is 0.894 bits per heavy atom. The zero-order chi connectivity index (χ0) is 31.8. The summed E-state index contributed by atoms with van der Waals surface area (Å²) in [7, 11) is 0. The van der Waals surface area contributed by atoms with E-state index in [0.717, 1.165) is 74.9 Å². The molecule has 258 valence electrons. The number of nitrogens with zero attached hydrogens (tertiary/aromatic N) is 5. The van der Waals surface area contributed by atoms with Crippen molar-refractivity contribution in [2.75, 3.05) is 39.3 Å². The normalized spacial score (nSPS) is 18.8. The van der Waals surface area contributed by atoms with Crippen molar-refractivity contribution < 1.29 is 15.7 Å². The van der Waals surface area contributed by atoms with Gasteiger partial charge in [0.25, 0.3) is 5.91 Å². The molecule has 6 rings (SSSR count). The highest BCUT2D eigenvalue weighted by Crippen LogP contribution is 2.34. The number of piperidine rings is 3. The van der Waals surface area contributed by atoms with Crippen LogP contribution in [0.4, 0.5) is 0 Å². The number of aromatic nitrogens is 2. The first-order chi connectivity index (χ1) is 21.7. The summed E-state index contributed by atoms with van der Waals surface area (Å²) in [6.07, 6.45) is 8.56. The van der Waals surface area contributed by atoms with E-state index in [4.69, 9.17) is 11.6 Å². The third-order valence-corrected chi connectivity index (χ3v) is 11.0. The van der Waals surface area contributed by atoms with Crippen LogP contribution in [-0.2, 0) is 6.54 Å². The number of likely N-dealkylation sites (tertiary alicyclic amines) is 2. The van der Waals surface area contributed by atoms with E-state index in [1.807, 2.05) is 43.0 Å². The summed E-state index contributed by atoms with van der Waals surface area (Å²) < 4.78 is 0. The van der Waals surface area contributed by atoms with Crippen LogP contribution in [0.1, 0.15) is 72.8 Å². The molecule has 0 spiro atoms. The van der Waals surface area contributed by atoms with Crippen molar-refractivity contribution in [1.29, 1.82) is 0 Å². The van der Waals surface area contributed by atoms with Crippen molar-refractivity contribution >= 4 is 30.1 Å². The summed E-state index contributed by atoms with van der Waals surface area (Å²) in [6.45, 7) is 13.5. The molecule has 4 heterocycles. The quantitative estimate of drug-likeness (QED) is 0.360. The SMILES string of the molecule is Cc1ncnc(C)c1C(=O)N1CCC(C)(N2CCC(N(Cc3ccccc3)C3CCNCC3)CC2)CC1.O.O.Sc1ccccc1Cl. The molecule has 3 fully saturated rings. The smallest absolute Gasteiger partial charge is 0.257 e. The number of benzene rings is 2. The highest BCUT2D eigenvalue weighted by atomic mass is 35.5. The van der Waals surface area contributed by atoms with E-state index in [0.29, 0.717) is 22.7 Å².